The highest BCUT2D eigenvalue weighted by Gasteiger charge is 2.45. The van der Waals surface area contributed by atoms with Crippen molar-refractivity contribution in [2.75, 3.05) is 19.7 Å². The maximum atomic E-state index is 12.7. The van der Waals surface area contributed by atoms with Crippen LogP contribution in [0.1, 0.15) is 50.2 Å². The van der Waals surface area contributed by atoms with Gasteiger partial charge in [-0.2, -0.15) is 0 Å². The first kappa shape index (κ1) is 22.8. The molecule has 0 radical (unpaired) electrons. The summed E-state index contributed by atoms with van der Waals surface area (Å²) < 4.78 is 5.54. The van der Waals surface area contributed by atoms with E-state index in [1.807, 2.05) is 31.2 Å². The number of hydrogen-bond acceptors (Lipinski definition) is 4. The molecule has 2 aromatic rings. The molecule has 7 nitrogen and oxygen atoms in total. The normalized spacial score (nSPS) is 20.1. The molecule has 174 valence electrons. The third-order valence-electron chi connectivity index (χ3n) is 6.86. The zero-order valence-corrected chi connectivity index (χ0v) is 19.0. The zero-order valence-electron chi connectivity index (χ0n) is 19.0. The van der Waals surface area contributed by atoms with Gasteiger partial charge in [0, 0.05) is 25.4 Å². The van der Waals surface area contributed by atoms with E-state index in [2.05, 4.69) is 29.6 Å². The molecule has 2 aromatic carbocycles. The van der Waals surface area contributed by atoms with Gasteiger partial charge in [-0.1, -0.05) is 55.5 Å². The molecular weight excluding hydrogens is 420 g/mol. The number of hydrogen-bond donors (Lipinski definition) is 2. The first-order valence-electron chi connectivity index (χ1n) is 11.4. The van der Waals surface area contributed by atoms with Gasteiger partial charge in [0.2, 0.25) is 5.91 Å². The van der Waals surface area contributed by atoms with Gasteiger partial charge in [-0.15, -0.1) is 0 Å². The predicted octanol–water partition coefficient (Wildman–Crippen LogP) is 4.02. The van der Waals surface area contributed by atoms with Crippen molar-refractivity contribution in [3.8, 4) is 11.1 Å². The monoisotopic (exact) mass is 450 g/mol. The molecule has 1 heterocycles. The predicted molar refractivity (Wildman–Crippen MR) is 124 cm³/mol. The lowest BCUT2D eigenvalue weighted by atomic mass is 9.98. The van der Waals surface area contributed by atoms with Gasteiger partial charge in [-0.05, 0) is 47.9 Å². The zero-order chi connectivity index (χ0) is 23.6. The summed E-state index contributed by atoms with van der Waals surface area (Å²) in [7, 11) is 0. The Morgan fingerprint density at radius 3 is 2.33 bits per heavy atom. The number of likely N-dealkylation sites (tertiary alicyclic amines) is 1. The molecule has 7 heteroatoms. The highest BCUT2D eigenvalue weighted by Crippen LogP contribution is 2.44. The molecule has 1 saturated heterocycles. The number of nitrogens with zero attached hydrogens (tertiary/aromatic N) is 1. The minimum absolute atomic E-state index is 0.00832. The maximum Gasteiger partial charge on any atom is 0.407 e. The third kappa shape index (κ3) is 4.45. The second-order valence-electron chi connectivity index (χ2n) is 9.24. The summed E-state index contributed by atoms with van der Waals surface area (Å²) in [6.07, 6.45) is 0.793. The summed E-state index contributed by atoms with van der Waals surface area (Å²) in [5, 5.41) is 12.3. The fourth-order valence-corrected chi connectivity index (χ4v) is 4.97. The molecule has 33 heavy (non-hydrogen) atoms. The highest BCUT2D eigenvalue weighted by atomic mass is 16.5. The number of rotatable bonds is 7. The number of aliphatic carboxylic acids is 1. The molecular formula is C26H30N2O5. The molecule has 1 fully saturated rings. The second kappa shape index (κ2) is 9.25. The lowest BCUT2D eigenvalue weighted by Crippen LogP contribution is -2.51. The van der Waals surface area contributed by atoms with Crippen molar-refractivity contribution >= 4 is 18.0 Å². The molecule has 1 aliphatic carbocycles. The van der Waals surface area contributed by atoms with Gasteiger partial charge in [-0.3, -0.25) is 4.79 Å². The Labute approximate surface area is 193 Å². The average Bonchev–Trinajstić information content (AvgIpc) is 3.35. The van der Waals surface area contributed by atoms with Gasteiger partial charge in [0.25, 0.3) is 0 Å². The van der Waals surface area contributed by atoms with E-state index in [-0.39, 0.29) is 37.3 Å². The fraction of sp³-hybridized carbons (Fsp3) is 0.423. The number of fused-ring (bicyclic) bond motifs is 3. The van der Waals surface area contributed by atoms with Crippen LogP contribution >= 0.6 is 0 Å². The van der Waals surface area contributed by atoms with Crippen LogP contribution in [0.2, 0.25) is 0 Å². The Hall–Kier alpha value is -3.35. The first-order chi connectivity index (χ1) is 15.8. The van der Waals surface area contributed by atoms with E-state index in [4.69, 9.17) is 4.74 Å². The smallest absolute Gasteiger partial charge is 0.407 e. The minimum atomic E-state index is -1.14. The fourth-order valence-electron chi connectivity index (χ4n) is 4.97. The van der Waals surface area contributed by atoms with Crippen molar-refractivity contribution in [3.05, 3.63) is 59.7 Å². The van der Waals surface area contributed by atoms with Crippen LogP contribution in [-0.4, -0.2) is 53.2 Å². The van der Waals surface area contributed by atoms with E-state index in [0.29, 0.717) is 19.4 Å². The lowest BCUT2D eigenvalue weighted by Gasteiger charge is -2.32. The standard InChI is InChI=1S/C26H30N2O5/c1-17(14-23(29)28-13-7-12-26(28,2)24(30)31)15-27-25(32)33-16-22-20-10-5-3-8-18(20)19-9-4-6-11-21(19)22/h3-6,8-11,17,22H,7,12-16H2,1-2H3,(H,27,32)(H,30,31). The van der Waals surface area contributed by atoms with Gasteiger partial charge < -0.3 is 20.1 Å². The van der Waals surface area contributed by atoms with E-state index >= 15 is 0 Å². The van der Waals surface area contributed by atoms with E-state index < -0.39 is 17.6 Å². The van der Waals surface area contributed by atoms with Gasteiger partial charge >= 0.3 is 12.1 Å². The quantitative estimate of drug-likeness (QED) is 0.664. The number of amides is 2. The summed E-state index contributed by atoms with van der Waals surface area (Å²) in [5.74, 6) is -1.32. The van der Waals surface area contributed by atoms with Crippen molar-refractivity contribution < 1.29 is 24.2 Å². The molecule has 0 bridgehead atoms. The summed E-state index contributed by atoms with van der Waals surface area (Å²) >= 11 is 0. The maximum absolute atomic E-state index is 12.7. The van der Waals surface area contributed by atoms with E-state index in [1.54, 1.807) is 6.92 Å². The van der Waals surface area contributed by atoms with Crippen molar-refractivity contribution in [1.82, 2.24) is 10.2 Å². The lowest BCUT2D eigenvalue weighted by molar-refractivity contribution is -0.155. The van der Waals surface area contributed by atoms with Crippen LogP contribution in [0.25, 0.3) is 11.1 Å². The van der Waals surface area contributed by atoms with Gasteiger partial charge in [-0.25, -0.2) is 9.59 Å². The van der Waals surface area contributed by atoms with Crippen LogP contribution in [0.4, 0.5) is 4.79 Å². The molecule has 1 aliphatic heterocycles. The Bertz CT molecular complexity index is 1020. The summed E-state index contributed by atoms with van der Waals surface area (Å²) in [4.78, 5) is 38.1. The number of carboxylic acid groups (broad SMARTS) is 1. The molecule has 2 N–H and O–H groups in total. The number of carbonyl (C=O) groups excluding carboxylic acids is 2. The van der Waals surface area contributed by atoms with Crippen LogP contribution in [0, 0.1) is 5.92 Å². The van der Waals surface area contributed by atoms with Crippen LogP contribution < -0.4 is 5.32 Å². The van der Waals surface area contributed by atoms with Crippen molar-refractivity contribution in [3.63, 3.8) is 0 Å². The summed E-state index contributed by atoms with van der Waals surface area (Å²) in [5.41, 5.74) is 3.50. The number of carbonyl (C=O) groups is 3. The largest absolute Gasteiger partial charge is 0.480 e. The molecule has 2 amide bonds. The van der Waals surface area contributed by atoms with Gasteiger partial charge in [0.05, 0.1) is 0 Å². The minimum Gasteiger partial charge on any atom is -0.480 e. The number of carboxylic acids is 1. The van der Waals surface area contributed by atoms with E-state index in [9.17, 15) is 19.5 Å². The Morgan fingerprint density at radius 1 is 1.12 bits per heavy atom. The van der Waals surface area contributed by atoms with Crippen LogP contribution in [0.15, 0.2) is 48.5 Å². The molecule has 2 aliphatic rings. The summed E-state index contributed by atoms with van der Waals surface area (Å²) in [6.45, 7) is 4.42. The van der Waals surface area contributed by atoms with Crippen molar-refractivity contribution in [1.29, 1.82) is 0 Å². The average molecular weight is 451 g/mol. The molecule has 0 spiro atoms. The molecule has 0 saturated carbocycles. The molecule has 2 atom stereocenters. The Balaban J connectivity index is 1.28. The molecule has 2 unspecified atom stereocenters. The second-order valence-corrected chi connectivity index (χ2v) is 9.24. The number of benzene rings is 2. The number of ether oxygens (including phenoxy) is 1. The van der Waals surface area contributed by atoms with Crippen molar-refractivity contribution in [2.45, 2.75) is 44.6 Å². The van der Waals surface area contributed by atoms with Gasteiger partial charge in [0.1, 0.15) is 12.1 Å². The SMILES string of the molecule is CC(CNC(=O)OCC1c2ccccc2-c2ccccc21)CC(=O)N1CCCC1(C)C(=O)O. The molecule has 0 aromatic heterocycles. The van der Waals surface area contributed by atoms with Crippen LogP contribution in [0.3, 0.4) is 0 Å². The summed E-state index contributed by atoms with van der Waals surface area (Å²) in [6, 6.07) is 16.3. The molecule has 4 rings (SSSR count). The highest BCUT2D eigenvalue weighted by molar-refractivity contribution is 5.87. The first-order valence-corrected chi connectivity index (χ1v) is 11.4. The Kier molecular flexibility index (Phi) is 6.40. The number of alkyl carbamates (subject to hydrolysis) is 1. The number of nitrogens with one attached hydrogen (secondary N) is 1. The topological polar surface area (TPSA) is 95.9 Å². The van der Waals surface area contributed by atoms with E-state index in [1.165, 1.54) is 16.0 Å². The van der Waals surface area contributed by atoms with Crippen LogP contribution in [-0.2, 0) is 14.3 Å². The van der Waals surface area contributed by atoms with Crippen LogP contribution in [0.5, 0.6) is 0 Å². The Morgan fingerprint density at radius 2 is 1.73 bits per heavy atom. The third-order valence-corrected chi connectivity index (χ3v) is 6.86. The van der Waals surface area contributed by atoms with E-state index in [0.717, 1.165) is 11.1 Å². The van der Waals surface area contributed by atoms with Gasteiger partial charge in [0.15, 0.2) is 0 Å². The van der Waals surface area contributed by atoms with Crippen molar-refractivity contribution in [2.24, 2.45) is 5.92 Å².